The van der Waals surface area contributed by atoms with Gasteiger partial charge in [0.1, 0.15) is 11.7 Å². The molecule has 0 amide bonds. The highest BCUT2D eigenvalue weighted by atomic mass is 35.5. The largest absolute Gasteiger partial charge is 0.388 e. The molecule has 0 radical (unpaired) electrons. The molecule has 134 valence electrons. The predicted octanol–water partition coefficient (Wildman–Crippen LogP) is 2.29. The first kappa shape index (κ1) is 18.4. The minimum atomic E-state index is -3.71. The molecule has 1 fully saturated rings. The second kappa shape index (κ2) is 6.70. The summed E-state index contributed by atoms with van der Waals surface area (Å²) in [5, 5.41) is 21.9. The Labute approximate surface area is 152 Å². The van der Waals surface area contributed by atoms with E-state index >= 15 is 0 Å². The van der Waals surface area contributed by atoms with Gasteiger partial charge < -0.3 is 10.2 Å². The molecule has 1 aliphatic rings. The molecule has 2 unspecified atom stereocenters. The van der Waals surface area contributed by atoms with Crippen molar-refractivity contribution in [3.05, 3.63) is 64.7 Å². The Morgan fingerprint density at radius 1 is 1.12 bits per heavy atom. The molecule has 0 aliphatic carbocycles. The van der Waals surface area contributed by atoms with E-state index in [4.69, 9.17) is 11.6 Å². The van der Waals surface area contributed by atoms with Crippen molar-refractivity contribution in [1.29, 1.82) is 0 Å². The number of hydrogen-bond donors (Lipinski definition) is 2. The van der Waals surface area contributed by atoms with Crippen molar-refractivity contribution in [2.75, 3.05) is 13.1 Å². The number of β-amino-alcohol motifs (C(OH)–C–C–N with tert-alkyl or cyclic N) is 1. The van der Waals surface area contributed by atoms with Gasteiger partial charge in [0.15, 0.2) is 0 Å². The zero-order valence-corrected chi connectivity index (χ0v) is 15.3. The van der Waals surface area contributed by atoms with Gasteiger partial charge in [0.2, 0.25) is 10.0 Å². The number of sulfonamides is 1. The van der Waals surface area contributed by atoms with Crippen molar-refractivity contribution >= 4 is 21.6 Å². The summed E-state index contributed by atoms with van der Waals surface area (Å²) < 4.78 is 26.7. The van der Waals surface area contributed by atoms with Crippen LogP contribution in [0.5, 0.6) is 0 Å². The number of hydrogen-bond acceptors (Lipinski definition) is 4. The third-order valence-corrected chi connectivity index (χ3v) is 6.80. The number of benzene rings is 2. The van der Waals surface area contributed by atoms with Gasteiger partial charge in [0, 0.05) is 18.1 Å². The van der Waals surface area contributed by atoms with Crippen molar-refractivity contribution in [3.63, 3.8) is 0 Å². The fraction of sp³-hybridized carbons (Fsp3) is 0.333. The van der Waals surface area contributed by atoms with Crippen molar-refractivity contribution in [3.8, 4) is 0 Å². The summed E-state index contributed by atoms with van der Waals surface area (Å²) >= 11 is 5.86. The fourth-order valence-electron chi connectivity index (χ4n) is 3.05. The summed E-state index contributed by atoms with van der Waals surface area (Å²) in [4.78, 5) is 0.183. The highest BCUT2D eigenvalue weighted by Gasteiger charge is 2.45. The molecule has 0 spiro atoms. The smallest absolute Gasteiger partial charge is 0.243 e. The molecule has 2 aromatic carbocycles. The Morgan fingerprint density at radius 2 is 1.72 bits per heavy atom. The maximum Gasteiger partial charge on any atom is 0.243 e. The first-order valence-electron chi connectivity index (χ1n) is 7.97. The highest BCUT2D eigenvalue weighted by Crippen LogP contribution is 2.35. The highest BCUT2D eigenvalue weighted by molar-refractivity contribution is 7.89. The molecule has 25 heavy (non-hydrogen) atoms. The van der Waals surface area contributed by atoms with E-state index in [1.165, 1.54) is 4.31 Å². The first-order chi connectivity index (χ1) is 11.7. The standard InChI is InChI=1S/C18H20ClNO4S/c1-13-2-8-16(9-3-13)25(23,24)20-11-10-18(22,17(21)12-20)14-4-6-15(19)7-5-14/h2-9,17,21-22H,10-12H2,1H3. The van der Waals surface area contributed by atoms with Crippen LogP contribution in [-0.2, 0) is 15.6 Å². The molecule has 2 N–H and O–H groups in total. The number of aryl methyl sites for hydroxylation is 1. The molecule has 0 saturated carbocycles. The fourth-order valence-corrected chi connectivity index (χ4v) is 4.62. The minimum Gasteiger partial charge on any atom is -0.388 e. The van der Waals surface area contributed by atoms with Crippen molar-refractivity contribution < 1.29 is 18.6 Å². The third-order valence-electron chi connectivity index (χ3n) is 4.67. The molecular formula is C18H20ClNO4S. The van der Waals surface area contributed by atoms with Crippen LogP contribution in [0.3, 0.4) is 0 Å². The van der Waals surface area contributed by atoms with E-state index in [-0.39, 0.29) is 24.4 Å². The lowest BCUT2D eigenvalue weighted by atomic mass is 9.83. The summed E-state index contributed by atoms with van der Waals surface area (Å²) in [6, 6.07) is 13.1. The zero-order valence-electron chi connectivity index (χ0n) is 13.8. The quantitative estimate of drug-likeness (QED) is 0.855. The van der Waals surface area contributed by atoms with Crippen LogP contribution in [-0.4, -0.2) is 42.1 Å². The second-order valence-corrected chi connectivity index (χ2v) is 8.75. The monoisotopic (exact) mass is 381 g/mol. The van der Waals surface area contributed by atoms with Gasteiger partial charge in [-0.1, -0.05) is 41.4 Å². The van der Waals surface area contributed by atoms with Crippen LogP contribution in [0, 0.1) is 6.92 Å². The molecule has 2 atom stereocenters. The van der Waals surface area contributed by atoms with Gasteiger partial charge in [0.25, 0.3) is 0 Å². The van der Waals surface area contributed by atoms with Gasteiger partial charge in [-0.3, -0.25) is 0 Å². The van der Waals surface area contributed by atoms with Crippen LogP contribution < -0.4 is 0 Å². The Kier molecular flexibility index (Phi) is 4.92. The molecule has 2 aromatic rings. The number of halogens is 1. The van der Waals surface area contributed by atoms with Crippen molar-refractivity contribution in [2.24, 2.45) is 0 Å². The minimum absolute atomic E-state index is 0.0981. The summed E-state index contributed by atoms with van der Waals surface area (Å²) in [7, 11) is -3.71. The first-order valence-corrected chi connectivity index (χ1v) is 9.78. The number of rotatable bonds is 3. The number of piperidine rings is 1. The van der Waals surface area contributed by atoms with Gasteiger partial charge in [-0.05, 0) is 43.2 Å². The molecule has 5 nitrogen and oxygen atoms in total. The summed E-state index contributed by atoms with van der Waals surface area (Å²) in [6.45, 7) is 1.83. The van der Waals surface area contributed by atoms with E-state index in [0.717, 1.165) is 5.56 Å². The van der Waals surface area contributed by atoms with Crippen LogP contribution in [0.25, 0.3) is 0 Å². The van der Waals surface area contributed by atoms with Gasteiger partial charge >= 0.3 is 0 Å². The van der Waals surface area contributed by atoms with Crippen LogP contribution in [0.1, 0.15) is 17.5 Å². The molecule has 1 aliphatic heterocycles. The maximum absolute atomic E-state index is 12.8. The van der Waals surface area contributed by atoms with Crippen LogP contribution in [0.2, 0.25) is 5.02 Å². The Morgan fingerprint density at radius 3 is 2.28 bits per heavy atom. The van der Waals surface area contributed by atoms with Crippen LogP contribution >= 0.6 is 11.6 Å². The van der Waals surface area contributed by atoms with E-state index in [9.17, 15) is 18.6 Å². The average Bonchev–Trinajstić information content (AvgIpc) is 2.58. The molecular weight excluding hydrogens is 362 g/mol. The topological polar surface area (TPSA) is 77.8 Å². The summed E-state index contributed by atoms with van der Waals surface area (Å²) in [5.41, 5.74) is -0.00399. The summed E-state index contributed by atoms with van der Waals surface area (Å²) in [6.07, 6.45) is -1.14. The molecule has 0 aromatic heterocycles. The van der Waals surface area contributed by atoms with Gasteiger partial charge in [-0.2, -0.15) is 4.31 Å². The van der Waals surface area contributed by atoms with E-state index in [2.05, 4.69) is 0 Å². The van der Waals surface area contributed by atoms with E-state index in [0.29, 0.717) is 10.6 Å². The van der Waals surface area contributed by atoms with E-state index in [1.54, 1.807) is 48.5 Å². The van der Waals surface area contributed by atoms with Gasteiger partial charge in [-0.15, -0.1) is 0 Å². The lowest BCUT2D eigenvalue weighted by molar-refractivity contribution is -0.112. The Hall–Kier alpha value is -1.44. The molecule has 3 rings (SSSR count). The lowest BCUT2D eigenvalue weighted by Crippen LogP contribution is -2.54. The molecule has 1 saturated heterocycles. The Bertz CT molecular complexity index is 852. The van der Waals surface area contributed by atoms with Gasteiger partial charge in [-0.25, -0.2) is 8.42 Å². The average molecular weight is 382 g/mol. The third kappa shape index (κ3) is 3.45. The van der Waals surface area contributed by atoms with Crippen molar-refractivity contribution in [1.82, 2.24) is 4.31 Å². The zero-order chi connectivity index (χ0) is 18.2. The normalized spacial score (nSPS) is 25.0. The second-order valence-electron chi connectivity index (χ2n) is 6.37. The van der Waals surface area contributed by atoms with E-state index in [1.807, 2.05) is 6.92 Å². The Balaban J connectivity index is 1.83. The van der Waals surface area contributed by atoms with E-state index < -0.39 is 21.7 Å². The number of aliphatic hydroxyl groups is 2. The molecule has 1 heterocycles. The summed E-state index contributed by atoms with van der Waals surface area (Å²) in [5.74, 6) is 0. The van der Waals surface area contributed by atoms with Gasteiger partial charge in [0.05, 0.1) is 4.90 Å². The van der Waals surface area contributed by atoms with Crippen LogP contribution in [0.15, 0.2) is 53.4 Å². The predicted molar refractivity (Wildman–Crippen MR) is 95.9 cm³/mol. The molecule has 7 heteroatoms. The van der Waals surface area contributed by atoms with Crippen LogP contribution in [0.4, 0.5) is 0 Å². The lowest BCUT2D eigenvalue weighted by Gasteiger charge is -2.41. The number of nitrogens with zero attached hydrogens (tertiary/aromatic N) is 1. The van der Waals surface area contributed by atoms with Crippen molar-refractivity contribution in [2.45, 2.75) is 29.9 Å². The molecule has 0 bridgehead atoms. The maximum atomic E-state index is 12.8. The number of aliphatic hydroxyl groups excluding tert-OH is 1. The SMILES string of the molecule is Cc1ccc(S(=O)(=O)N2CCC(O)(c3ccc(Cl)cc3)C(O)C2)cc1.